The third-order valence-electron chi connectivity index (χ3n) is 2.30. The van der Waals surface area contributed by atoms with Gasteiger partial charge >= 0.3 is 11.9 Å². The summed E-state index contributed by atoms with van der Waals surface area (Å²) < 4.78 is 9.46. The number of esters is 2. The fourth-order valence-corrected chi connectivity index (χ4v) is 1.60. The molecule has 7 nitrogen and oxygen atoms in total. The van der Waals surface area contributed by atoms with Gasteiger partial charge in [0, 0.05) is 13.8 Å². The van der Waals surface area contributed by atoms with Crippen LogP contribution in [0.2, 0.25) is 0 Å². The van der Waals surface area contributed by atoms with Crippen LogP contribution in [0.5, 0.6) is 0 Å². The quantitative estimate of drug-likeness (QED) is 0.641. The Kier molecular flexibility index (Phi) is 4.45. The third-order valence-corrected chi connectivity index (χ3v) is 2.30. The van der Waals surface area contributed by atoms with Gasteiger partial charge in [-0.25, -0.2) is 0 Å². The van der Waals surface area contributed by atoms with Crippen LogP contribution in [0.3, 0.4) is 0 Å². The number of ether oxygens (including phenoxy) is 2. The molecule has 0 bridgehead atoms. The standard InChI is InChI=1S/C10H15NO6/c1-6(12)16-4-3-11-9(14)5-8(10(11)15)17-7(2)13/h8,10,15H,3-5H2,1-2H3/t8-,10-/m0/s1. The molecule has 1 amide bonds. The van der Waals surface area contributed by atoms with Crippen LogP contribution in [0.25, 0.3) is 0 Å². The second kappa shape index (κ2) is 5.62. The van der Waals surface area contributed by atoms with Crippen LogP contribution in [-0.2, 0) is 23.9 Å². The lowest BCUT2D eigenvalue weighted by atomic mass is 10.3. The second-order valence-corrected chi connectivity index (χ2v) is 3.69. The summed E-state index contributed by atoms with van der Waals surface area (Å²) >= 11 is 0. The van der Waals surface area contributed by atoms with E-state index in [0.717, 1.165) is 4.90 Å². The first-order chi connectivity index (χ1) is 7.91. The van der Waals surface area contributed by atoms with E-state index in [1.165, 1.54) is 13.8 Å². The zero-order valence-electron chi connectivity index (χ0n) is 9.71. The molecule has 2 atom stereocenters. The summed E-state index contributed by atoms with van der Waals surface area (Å²) in [6, 6.07) is 0. The minimum absolute atomic E-state index is 0.00489. The highest BCUT2D eigenvalue weighted by Gasteiger charge is 2.40. The Balaban J connectivity index is 2.47. The molecule has 0 aliphatic carbocycles. The van der Waals surface area contributed by atoms with E-state index < -0.39 is 24.3 Å². The highest BCUT2D eigenvalue weighted by atomic mass is 16.6. The van der Waals surface area contributed by atoms with Crippen LogP contribution < -0.4 is 0 Å². The molecule has 96 valence electrons. The predicted molar refractivity (Wildman–Crippen MR) is 54.5 cm³/mol. The van der Waals surface area contributed by atoms with Gasteiger partial charge in [-0.1, -0.05) is 0 Å². The number of aliphatic hydroxyl groups is 1. The first-order valence-corrected chi connectivity index (χ1v) is 5.20. The molecule has 1 rings (SSSR count). The third kappa shape index (κ3) is 3.70. The summed E-state index contributed by atoms with van der Waals surface area (Å²) in [5, 5.41) is 9.72. The number of carbonyl (C=O) groups excluding carboxylic acids is 3. The topological polar surface area (TPSA) is 93.1 Å². The number of hydrogen-bond donors (Lipinski definition) is 1. The van der Waals surface area contributed by atoms with Crippen LogP contribution in [0, 0.1) is 0 Å². The molecule has 17 heavy (non-hydrogen) atoms. The Morgan fingerprint density at radius 3 is 2.59 bits per heavy atom. The van der Waals surface area contributed by atoms with Gasteiger partial charge < -0.3 is 19.5 Å². The van der Waals surface area contributed by atoms with E-state index in [-0.39, 0.29) is 25.5 Å². The average Bonchev–Trinajstić information content (AvgIpc) is 2.44. The van der Waals surface area contributed by atoms with Gasteiger partial charge in [0.1, 0.15) is 6.61 Å². The summed E-state index contributed by atoms with van der Waals surface area (Å²) in [5.74, 6) is -1.35. The first kappa shape index (κ1) is 13.4. The molecule has 1 saturated heterocycles. The summed E-state index contributed by atoms with van der Waals surface area (Å²) in [6.45, 7) is 2.55. The van der Waals surface area contributed by atoms with Crippen LogP contribution in [0.4, 0.5) is 0 Å². The molecule has 0 saturated carbocycles. The number of hydrogen-bond acceptors (Lipinski definition) is 6. The van der Waals surface area contributed by atoms with Gasteiger partial charge in [-0.05, 0) is 0 Å². The lowest BCUT2D eigenvalue weighted by Crippen LogP contribution is -2.40. The lowest BCUT2D eigenvalue weighted by Gasteiger charge is -2.22. The average molecular weight is 245 g/mol. The van der Waals surface area contributed by atoms with E-state index >= 15 is 0 Å². The van der Waals surface area contributed by atoms with Gasteiger partial charge in [0.05, 0.1) is 13.0 Å². The van der Waals surface area contributed by atoms with E-state index in [4.69, 9.17) is 4.74 Å². The maximum Gasteiger partial charge on any atom is 0.303 e. The largest absolute Gasteiger partial charge is 0.464 e. The van der Waals surface area contributed by atoms with E-state index in [1.54, 1.807) is 0 Å². The molecular formula is C10H15NO6. The number of rotatable bonds is 4. The number of carbonyl (C=O) groups is 3. The number of likely N-dealkylation sites (tertiary alicyclic amines) is 1. The van der Waals surface area contributed by atoms with Crippen molar-refractivity contribution in [2.75, 3.05) is 13.2 Å². The fraction of sp³-hybridized carbons (Fsp3) is 0.700. The monoisotopic (exact) mass is 245 g/mol. The number of aliphatic hydroxyl groups excluding tert-OH is 1. The molecule has 0 aromatic rings. The molecule has 0 unspecified atom stereocenters. The van der Waals surface area contributed by atoms with Gasteiger partial charge in [0.15, 0.2) is 12.3 Å². The van der Waals surface area contributed by atoms with Crippen molar-refractivity contribution in [3.63, 3.8) is 0 Å². The molecule has 1 N–H and O–H groups in total. The van der Waals surface area contributed by atoms with Crippen molar-refractivity contribution in [2.24, 2.45) is 0 Å². The summed E-state index contributed by atoms with van der Waals surface area (Å²) in [7, 11) is 0. The maximum atomic E-state index is 11.5. The SMILES string of the molecule is CC(=O)OCCN1C(=O)C[C@H](OC(C)=O)[C@@H]1O. The number of amides is 1. The molecule has 1 fully saturated rings. The van der Waals surface area contributed by atoms with Crippen molar-refractivity contribution in [1.29, 1.82) is 0 Å². The second-order valence-electron chi connectivity index (χ2n) is 3.69. The Bertz CT molecular complexity index is 329. The lowest BCUT2D eigenvalue weighted by molar-refractivity contribution is -0.156. The van der Waals surface area contributed by atoms with Crippen molar-refractivity contribution in [3.05, 3.63) is 0 Å². The van der Waals surface area contributed by atoms with E-state index in [2.05, 4.69) is 4.74 Å². The Hall–Kier alpha value is -1.63. The minimum Gasteiger partial charge on any atom is -0.464 e. The van der Waals surface area contributed by atoms with Gasteiger partial charge in [-0.3, -0.25) is 14.4 Å². The van der Waals surface area contributed by atoms with Crippen molar-refractivity contribution < 1.29 is 29.0 Å². The van der Waals surface area contributed by atoms with Crippen molar-refractivity contribution in [1.82, 2.24) is 4.90 Å². The van der Waals surface area contributed by atoms with Gasteiger partial charge in [0.2, 0.25) is 5.91 Å². The molecule has 7 heteroatoms. The van der Waals surface area contributed by atoms with Gasteiger partial charge in [0.25, 0.3) is 0 Å². The molecular weight excluding hydrogens is 230 g/mol. The summed E-state index contributed by atoms with van der Waals surface area (Å²) in [4.78, 5) is 33.9. The van der Waals surface area contributed by atoms with E-state index in [0.29, 0.717) is 0 Å². The smallest absolute Gasteiger partial charge is 0.303 e. The van der Waals surface area contributed by atoms with Gasteiger partial charge in [-0.15, -0.1) is 0 Å². The van der Waals surface area contributed by atoms with Gasteiger partial charge in [-0.2, -0.15) is 0 Å². The van der Waals surface area contributed by atoms with Crippen LogP contribution in [0.1, 0.15) is 20.3 Å². The highest BCUT2D eigenvalue weighted by molar-refractivity contribution is 5.80. The highest BCUT2D eigenvalue weighted by Crippen LogP contribution is 2.20. The molecule has 0 aromatic carbocycles. The van der Waals surface area contributed by atoms with Crippen molar-refractivity contribution in [2.45, 2.75) is 32.6 Å². The summed E-state index contributed by atoms with van der Waals surface area (Å²) in [6.07, 6.45) is -2.08. The Labute approximate surface area is 98.3 Å². The number of nitrogens with zero attached hydrogens (tertiary/aromatic N) is 1. The van der Waals surface area contributed by atoms with E-state index in [9.17, 15) is 19.5 Å². The molecule has 0 radical (unpaired) electrons. The zero-order chi connectivity index (χ0) is 13.0. The molecule has 1 heterocycles. The first-order valence-electron chi connectivity index (χ1n) is 5.20. The Morgan fingerprint density at radius 2 is 2.06 bits per heavy atom. The van der Waals surface area contributed by atoms with Crippen molar-refractivity contribution >= 4 is 17.8 Å². The Morgan fingerprint density at radius 1 is 1.41 bits per heavy atom. The maximum absolute atomic E-state index is 11.5. The zero-order valence-corrected chi connectivity index (χ0v) is 9.71. The molecule has 1 aliphatic rings. The van der Waals surface area contributed by atoms with Crippen LogP contribution in [-0.4, -0.2) is 53.3 Å². The molecule has 1 aliphatic heterocycles. The predicted octanol–water partition coefficient (Wildman–Crippen LogP) is -0.968. The normalized spacial score (nSPS) is 23.7. The molecule has 0 spiro atoms. The van der Waals surface area contributed by atoms with Crippen LogP contribution >= 0.6 is 0 Å². The van der Waals surface area contributed by atoms with Crippen LogP contribution in [0.15, 0.2) is 0 Å². The fourth-order valence-electron chi connectivity index (χ4n) is 1.60. The summed E-state index contributed by atoms with van der Waals surface area (Å²) in [5.41, 5.74) is 0. The van der Waals surface area contributed by atoms with Crippen molar-refractivity contribution in [3.8, 4) is 0 Å². The van der Waals surface area contributed by atoms with E-state index in [1.807, 2.05) is 0 Å². The molecule has 0 aromatic heterocycles. The minimum atomic E-state index is -1.18.